The lowest BCUT2D eigenvalue weighted by molar-refractivity contribution is -0.140. The number of halogens is 3. The van der Waals surface area contributed by atoms with Crippen molar-refractivity contribution >= 4 is 16.5 Å². The molecule has 1 saturated heterocycles. The van der Waals surface area contributed by atoms with E-state index >= 15 is 0 Å². The van der Waals surface area contributed by atoms with Crippen LogP contribution in [-0.2, 0) is 6.18 Å². The Bertz CT molecular complexity index is 303. The van der Waals surface area contributed by atoms with Crippen molar-refractivity contribution in [2.75, 3.05) is 18.0 Å². The molecule has 1 aliphatic heterocycles. The number of thiazole rings is 1. The molecule has 0 aliphatic carbocycles. The van der Waals surface area contributed by atoms with Crippen molar-refractivity contribution in [3.8, 4) is 0 Å². The average Bonchev–Trinajstić information content (AvgIpc) is 2.29. The Morgan fingerprint density at radius 1 is 1.38 bits per heavy atom. The maximum Gasteiger partial charge on any atom is 0.434 e. The van der Waals surface area contributed by atoms with Crippen LogP contribution in [0.1, 0.15) is 12.1 Å². The number of anilines is 1. The van der Waals surface area contributed by atoms with Crippen LogP contribution in [-0.4, -0.2) is 18.1 Å². The Balaban J connectivity index is 2.17. The van der Waals surface area contributed by atoms with Crippen LogP contribution >= 0.6 is 11.3 Å². The van der Waals surface area contributed by atoms with Gasteiger partial charge in [0.05, 0.1) is 0 Å². The van der Waals surface area contributed by atoms with Crippen LogP contribution in [0.25, 0.3) is 0 Å². The van der Waals surface area contributed by atoms with Crippen LogP contribution in [0.2, 0.25) is 0 Å². The molecular formula is C7H7F3N2S. The van der Waals surface area contributed by atoms with Crippen molar-refractivity contribution in [3.63, 3.8) is 0 Å². The minimum absolute atomic E-state index is 0.485. The molecule has 0 atom stereocenters. The summed E-state index contributed by atoms with van der Waals surface area (Å²) < 4.78 is 36.3. The van der Waals surface area contributed by atoms with Gasteiger partial charge in [-0.3, -0.25) is 0 Å². The van der Waals surface area contributed by atoms with E-state index in [1.165, 1.54) is 0 Å². The summed E-state index contributed by atoms with van der Waals surface area (Å²) >= 11 is 1.06. The zero-order chi connectivity index (χ0) is 9.47. The molecule has 0 unspecified atom stereocenters. The SMILES string of the molecule is FC(F)(F)c1csc(N2CCC2)n1. The fourth-order valence-electron chi connectivity index (χ4n) is 1.05. The zero-order valence-electron chi connectivity index (χ0n) is 6.64. The monoisotopic (exact) mass is 208 g/mol. The second-order valence-electron chi connectivity index (χ2n) is 2.85. The second-order valence-corrected chi connectivity index (χ2v) is 3.69. The largest absolute Gasteiger partial charge is 0.434 e. The van der Waals surface area contributed by atoms with Crippen molar-refractivity contribution in [3.05, 3.63) is 11.1 Å². The van der Waals surface area contributed by atoms with Gasteiger partial charge in [-0.2, -0.15) is 13.2 Å². The highest BCUT2D eigenvalue weighted by atomic mass is 32.1. The summed E-state index contributed by atoms with van der Waals surface area (Å²) in [4.78, 5) is 5.37. The van der Waals surface area contributed by atoms with Crippen molar-refractivity contribution in [1.29, 1.82) is 0 Å². The van der Waals surface area contributed by atoms with Crippen molar-refractivity contribution < 1.29 is 13.2 Å². The molecule has 1 aromatic rings. The molecule has 0 radical (unpaired) electrons. The van der Waals surface area contributed by atoms with Gasteiger partial charge in [-0.05, 0) is 6.42 Å². The predicted molar refractivity (Wildman–Crippen MR) is 43.9 cm³/mol. The van der Waals surface area contributed by atoms with Gasteiger partial charge in [0.2, 0.25) is 0 Å². The number of hydrogen-bond acceptors (Lipinski definition) is 3. The second kappa shape index (κ2) is 2.87. The first-order valence-electron chi connectivity index (χ1n) is 3.85. The molecule has 0 N–H and O–H groups in total. The standard InChI is InChI=1S/C7H7F3N2S/c8-7(9,10)5-4-13-6(11-5)12-2-1-3-12/h4H,1-3H2. The Morgan fingerprint density at radius 3 is 2.46 bits per heavy atom. The van der Waals surface area contributed by atoms with Gasteiger partial charge in [-0.25, -0.2) is 4.98 Å². The Morgan fingerprint density at radius 2 is 2.08 bits per heavy atom. The van der Waals surface area contributed by atoms with Gasteiger partial charge in [-0.15, -0.1) is 11.3 Å². The molecule has 2 rings (SSSR count). The summed E-state index contributed by atoms with van der Waals surface area (Å²) in [6, 6.07) is 0. The summed E-state index contributed by atoms with van der Waals surface area (Å²) in [6.07, 6.45) is -3.26. The minimum Gasteiger partial charge on any atom is -0.348 e. The number of rotatable bonds is 1. The molecule has 0 spiro atoms. The molecule has 13 heavy (non-hydrogen) atoms. The van der Waals surface area contributed by atoms with Gasteiger partial charge in [-0.1, -0.05) is 0 Å². The van der Waals surface area contributed by atoms with E-state index < -0.39 is 11.9 Å². The third kappa shape index (κ3) is 1.63. The summed E-state index contributed by atoms with van der Waals surface area (Å²) in [6.45, 7) is 1.65. The topological polar surface area (TPSA) is 16.1 Å². The first kappa shape index (κ1) is 8.80. The molecule has 0 aromatic carbocycles. The van der Waals surface area contributed by atoms with E-state index in [9.17, 15) is 13.2 Å². The molecule has 72 valence electrons. The van der Waals surface area contributed by atoms with E-state index in [0.29, 0.717) is 5.13 Å². The maximum absolute atomic E-state index is 12.1. The fraction of sp³-hybridized carbons (Fsp3) is 0.571. The highest BCUT2D eigenvalue weighted by Crippen LogP contribution is 2.33. The van der Waals surface area contributed by atoms with Gasteiger partial charge in [0, 0.05) is 18.5 Å². The summed E-state index contributed by atoms with van der Waals surface area (Å²) in [7, 11) is 0. The smallest absolute Gasteiger partial charge is 0.348 e. The quantitative estimate of drug-likeness (QED) is 0.704. The van der Waals surface area contributed by atoms with Crippen LogP contribution < -0.4 is 4.90 Å². The number of nitrogens with zero attached hydrogens (tertiary/aromatic N) is 2. The maximum atomic E-state index is 12.1. The molecule has 0 amide bonds. The number of hydrogen-bond donors (Lipinski definition) is 0. The lowest BCUT2D eigenvalue weighted by atomic mass is 10.2. The molecule has 2 nitrogen and oxygen atoms in total. The van der Waals surface area contributed by atoms with Gasteiger partial charge < -0.3 is 4.90 Å². The van der Waals surface area contributed by atoms with Crippen molar-refractivity contribution in [2.45, 2.75) is 12.6 Å². The fourth-order valence-corrected chi connectivity index (χ4v) is 1.93. The van der Waals surface area contributed by atoms with Gasteiger partial charge in [0.25, 0.3) is 0 Å². The summed E-state index contributed by atoms with van der Waals surface area (Å²) in [5.74, 6) is 0. The Hall–Kier alpha value is -0.780. The molecule has 2 heterocycles. The lowest BCUT2D eigenvalue weighted by Gasteiger charge is -2.30. The Kier molecular flexibility index (Phi) is 1.94. The van der Waals surface area contributed by atoms with Gasteiger partial charge in [0.1, 0.15) is 0 Å². The van der Waals surface area contributed by atoms with E-state index in [4.69, 9.17) is 0 Å². The minimum atomic E-state index is -4.31. The van der Waals surface area contributed by atoms with E-state index in [2.05, 4.69) is 4.98 Å². The van der Waals surface area contributed by atoms with E-state index in [1.807, 2.05) is 4.90 Å². The normalized spacial score (nSPS) is 17.3. The third-order valence-corrected chi connectivity index (χ3v) is 2.81. The highest BCUT2D eigenvalue weighted by molar-refractivity contribution is 7.13. The molecule has 6 heteroatoms. The third-order valence-electron chi connectivity index (χ3n) is 1.91. The van der Waals surface area contributed by atoms with Crippen LogP contribution in [0.3, 0.4) is 0 Å². The van der Waals surface area contributed by atoms with Gasteiger partial charge >= 0.3 is 6.18 Å². The van der Waals surface area contributed by atoms with Crippen LogP contribution in [0.5, 0.6) is 0 Å². The molecule has 1 aliphatic rings. The lowest BCUT2D eigenvalue weighted by Crippen LogP contribution is -2.36. The molecule has 0 bridgehead atoms. The first-order valence-corrected chi connectivity index (χ1v) is 4.73. The van der Waals surface area contributed by atoms with Crippen molar-refractivity contribution in [1.82, 2.24) is 4.98 Å². The summed E-state index contributed by atoms with van der Waals surface area (Å²) in [5, 5.41) is 1.55. The summed E-state index contributed by atoms with van der Waals surface area (Å²) in [5.41, 5.74) is -0.778. The Labute approximate surface area is 77.0 Å². The van der Waals surface area contributed by atoms with Gasteiger partial charge in [0.15, 0.2) is 10.8 Å². The van der Waals surface area contributed by atoms with Crippen LogP contribution in [0, 0.1) is 0 Å². The molecular weight excluding hydrogens is 201 g/mol. The number of alkyl halides is 3. The van der Waals surface area contributed by atoms with E-state index in [-0.39, 0.29) is 0 Å². The van der Waals surface area contributed by atoms with E-state index in [1.54, 1.807) is 0 Å². The van der Waals surface area contributed by atoms with Crippen LogP contribution in [0.15, 0.2) is 5.38 Å². The van der Waals surface area contributed by atoms with Crippen molar-refractivity contribution in [2.24, 2.45) is 0 Å². The highest BCUT2D eigenvalue weighted by Gasteiger charge is 2.34. The number of aromatic nitrogens is 1. The molecule has 1 aromatic heterocycles. The average molecular weight is 208 g/mol. The zero-order valence-corrected chi connectivity index (χ0v) is 7.45. The van der Waals surface area contributed by atoms with Crippen LogP contribution in [0.4, 0.5) is 18.3 Å². The first-order chi connectivity index (χ1) is 6.07. The molecule has 0 saturated carbocycles. The predicted octanol–water partition coefficient (Wildman–Crippen LogP) is 2.37. The molecule has 1 fully saturated rings. The van der Waals surface area contributed by atoms with E-state index in [0.717, 1.165) is 36.2 Å².